The topological polar surface area (TPSA) is 136 Å². The summed E-state index contributed by atoms with van der Waals surface area (Å²) >= 11 is 0. The van der Waals surface area contributed by atoms with E-state index in [9.17, 15) is 24.4 Å². The lowest BCUT2D eigenvalue weighted by atomic mass is 9.80. The van der Waals surface area contributed by atoms with Crippen molar-refractivity contribution in [3.63, 3.8) is 0 Å². The van der Waals surface area contributed by atoms with Gasteiger partial charge in [0.2, 0.25) is 11.8 Å². The second-order valence-corrected chi connectivity index (χ2v) is 10.9. The minimum absolute atomic E-state index is 0.0328. The zero-order chi connectivity index (χ0) is 28.0. The molecule has 2 N–H and O–H groups in total. The second kappa shape index (κ2) is 9.75. The minimum atomic E-state index is -1.03. The predicted molar refractivity (Wildman–Crippen MR) is 147 cm³/mol. The summed E-state index contributed by atoms with van der Waals surface area (Å²) in [7, 11) is 1.44. The van der Waals surface area contributed by atoms with Crippen molar-refractivity contribution in [1.29, 1.82) is 5.26 Å². The molecule has 0 bridgehead atoms. The number of para-hydroxylation sites is 2. The van der Waals surface area contributed by atoms with Crippen LogP contribution in [-0.2, 0) is 24.6 Å². The maximum absolute atomic E-state index is 14.0. The highest BCUT2D eigenvalue weighted by molar-refractivity contribution is 6.39. The van der Waals surface area contributed by atoms with Crippen LogP contribution in [0.3, 0.4) is 0 Å². The lowest BCUT2D eigenvalue weighted by Crippen LogP contribution is -2.53. The molecule has 1 saturated heterocycles. The van der Waals surface area contributed by atoms with Gasteiger partial charge >= 0.3 is 11.8 Å². The number of benzene rings is 2. The van der Waals surface area contributed by atoms with Crippen molar-refractivity contribution in [3.05, 3.63) is 66.4 Å². The fraction of sp³-hybridized carbons (Fsp3) is 0.333. The zero-order valence-corrected chi connectivity index (χ0v) is 22.0. The van der Waals surface area contributed by atoms with Crippen LogP contribution < -0.4 is 10.6 Å². The van der Waals surface area contributed by atoms with Gasteiger partial charge in [-0.05, 0) is 36.1 Å². The summed E-state index contributed by atoms with van der Waals surface area (Å²) < 4.78 is 0. The SMILES string of the molecule is CN(C(=O)C(=O)Nc1cnc2ccccc2c1)[C@@H](CC1CC1)C(=O)N1C[C@]2(C[C@H]1C#N)C(=O)Nc1ccccc12. The Bertz CT molecular complexity index is 1590. The van der Waals surface area contributed by atoms with Gasteiger partial charge in [0.1, 0.15) is 12.1 Å². The van der Waals surface area contributed by atoms with E-state index in [1.165, 1.54) is 23.0 Å². The van der Waals surface area contributed by atoms with Gasteiger partial charge in [0, 0.05) is 31.1 Å². The molecule has 2 aliphatic heterocycles. The third kappa shape index (κ3) is 4.33. The smallest absolute Gasteiger partial charge is 0.313 e. The molecule has 2 fully saturated rings. The van der Waals surface area contributed by atoms with Crippen molar-refractivity contribution >= 4 is 45.9 Å². The molecule has 1 spiro atoms. The minimum Gasteiger partial charge on any atom is -0.325 e. The van der Waals surface area contributed by atoms with E-state index >= 15 is 0 Å². The predicted octanol–water partition coefficient (Wildman–Crippen LogP) is 2.81. The number of anilines is 2. The molecule has 2 aromatic carbocycles. The molecule has 0 radical (unpaired) electrons. The molecular formula is C30H28N6O4. The highest BCUT2D eigenvalue weighted by Crippen LogP contribution is 2.46. The van der Waals surface area contributed by atoms with Crippen molar-refractivity contribution < 1.29 is 19.2 Å². The maximum Gasteiger partial charge on any atom is 0.313 e. The van der Waals surface area contributed by atoms with E-state index in [0.717, 1.165) is 29.3 Å². The second-order valence-electron chi connectivity index (χ2n) is 10.9. The number of hydrogen-bond acceptors (Lipinski definition) is 6. The van der Waals surface area contributed by atoms with Crippen molar-refractivity contribution in [2.75, 3.05) is 24.2 Å². The number of pyridine rings is 1. The summed E-state index contributed by atoms with van der Waals surface area (Å²) in [6.45, 7) is 0.0328. The number of nitrogens with zero attached hydrogens (tertiary/aromatic N) is 4. The third-order valence-electron chi connectivity index (χ3n) is 8.28. The molecule has 10 nitrogen and oxygen atoms in total. The Labute approximate surface area is 231 Å². The molecule has 202 valence electrons. The van der Waals surface area contributed by atoms with Gasteiger partial charge < -0.3 is 20.4 Å². The van der Waals surface area contributed by atoms with Crippen LogP contribution in [0.2, 0.25) is 0 Å². The molecule has 0 unspecified atom stereocenters. The van der Waals surface area contributed by atoms with E-state index in [0.29, 0.717) is 17.8 Å². The van der Waals surface area contributed by atoms with Crippen LogP contribution in [0, 0.1) is 17.2 Å². The molecule has 40 heavy (non-hydrogen) atoms. The van der Waals surface area contributed by atoms with Crippen molar-refractivity contribution in [2.45, 2.75) is 43.2 Å². The van der Waals surface area contributed by atoms with Gasteiger partial charge in [-0.3, -0.25) is 24.2 Å². The average Bonchev–Trinajstić information content (AvgIpc) is 3.65. The fourth-order valence-electron chi connectivity index (χ4n) is 5.90. The van der Waals surface area contributed by atoms with Crippen molar-refractivity contribution in [3.8, 4) is 6.07 Å². The first kappa shape index (κ1) is 25.5. The third-order valence-corrected chi connectivity index (χ3v) is 8.28. The van der Waals surface area contributed by atoms with Crippen molar-refractivity contribution in [2.24, 2.45) is 5.92 Å². The van der Waals surface area contributed by atoms with E-state index in [1.54, 1.807) is 12.1 Å². The van der Waals surface area contributed by atoms with Gasteiger partial charge in [-0.15, -0.1) is 0 Å². The maximum atomic E-state index is 14.0. The highest BCUT2D eigenvalue weighted by Gasteiger charge is 2.57. The first-order chi connectivity index (χ1) is 19.3. The summed E-state index contributed by atoms with van der Waals surface area (Å²) in [4.78, 5) is 60.3. The first-order valence-electron chi connectivity index (χ1n) is 13.3. The Hall–Kier alpha value is -4.78. The van der Waals surface area contributed by atoms with Crippen molar-refractivity contribution in [1.82, 2.24) is 14.8 Å². The number of carbonyl (C=O) groups is 4. The van der Waals surface area contributed by atoms with Gasteiger partial charge in [-0.25, -0.2) is 0 Å². The summed E-state index contributed by atoms with van der Waals surface area (Å²) in [6.07, 6.45) is 3.90. The average molecular weight is 537 g/mol. The molecule has 10 heteroatoms. The molecule has 4 amide bonds. The molecular weight excluding hydrogens is 508 g/mol. The number of aromatic nitrogens is 1. The van der Waals surface area contributed by atoms with Crippen LogP contribution >= 0.6 is 0 Å². The number of nitrogens with one attached hydrogen (secondary N) is 2. The van der Waals surface area contributed by atoms with E-state index in [-0.39, 0.29) is 24.8 Å². The van der Waals surface area contributed by atoms with Crippen LogP contribution in [-0.4, -0.2) is 64.1 Å². The van der Waals surface area contributed by atoms with Crippen LogP contribution in [0.5, 0.6) is 0 Å². The number of nitriles is 1. The quantitative estimate of drug-likeness (QED) is 0.482. The normalized spacial score (nSPS) is 21.9. The van der Waals surface area contributed by atoms with Crippen LogP contribution in [0.25, 0.3) is 10.9 Å². The van der Waals surface area contributed by atoms with Gasteiger partial charge in [-0.1, -0.05) is 49.2 Å². The standard InChI is InChI=1S/C30H28N6O4/c1-35(28(39)26(37)33-20-13-19-6-2-4-8-23(19)32-16-20)25(12-18-10-11-18)27(38)36-17-30(14-21(36)15-31)22-7-3-5-9-24(22)34-29(30)40/h2-9,13,16,18,21,25H,10-12,14,17H2,1H3,(H,33,37)(H,34,40)/t21-,25-,30-/m0/s1. The molecule has 3 atom stereocenters. The molecule has 1 aromatic heterocycles. The number of likely N-dealkylation sites (tertiary alicyclic amines) is 1. The van der Waals surface area contributed by atoms with E-state index in [1.807, 2.05) is 42.5 Å². The van der Waals surface area contributed by atoms with Gasteiger partial charge in [-0.2, -0.15) is 5.26 Å². The summed E-state index contributed by atoms with van der Waals surface area (Å²) in [6, 6.07) is 16.9. The van der Waals surface area contributed by atoms with Crippen LogP contribution in [0.15, 0.2) is 60.8 Å². The first-order valence-corrected chi connectivity index (χ1v) is 13.3. The molecule has 6 rings (SSSR count). The monoisotopic (exact) mass is 536 g/mol. The molecule has 3 aliphatic rings. The van der Waals surface area contributed by atoms with Crippen LogP contribution in [0.4, 0.5) is 11.4 Å². The van der Waals surface area contributed by atoms with E-state index < -0.39 is 35.2 Å². The number of carbonyl (C=O) groups excluding carboxylic acids is 4. The number of likely N-dealkylation sites (N-methyl/N-ethyl adjacent to an activating group) is 1. The Morgan fingerprint density at radius 3 is 2.73 bits per heavy atom. The lowest BCUT2D eigenvalue weighted by Gasteiger charge is -2.32. The fourth-order valence-corrected chi connectivity index (χ4v) is 5.90. The summed E-state index contributed by atoms with van der Waals surface area (Å²) in [5, 5.41) is 16.3. The largest absolute Gasteiger partial charge is 0.325 e. The Morgan fingerprint density at radius 2 is 1.95 bits per heavy atom. The van der Waals surface area contributed by atoms with Crippen LogP contribution in [0.1, 0.15) is 31.2 Å². The number of rotatable bonds is 5. The number of fused-ring (bicyclic) bond motifs is 3. The summed E-state index contributed by atoms with van der Waals surface area (Å²) in [5.74, 6) is -2.16. The number of hydrogen-bond donors (Lipinski definition) is 2. The summed E-state index contributed by atoms with van der Waals surface area (Å²) in [5.41, 5.74) is 1.54. The van der Waals surface area contributed by atoms with E-state index in [4.69, 9.17) is 0 Å². The highest BCUT2D eigenvalue weighted by atomic mass is 16.2. The zero-order valence-electron chi connectivity index (χ0n) is 22.0. The molecule has 3 aromatic rings. The Balaban J connectivity index is 1.23. The molecule has 3 heterocycles. The Kier molecular flexibility index (Phi) is 6.22. The molecule has 1 saturated carbocycles. The lowest BCUT2D eigenvalue weighted by molar-refractivity contribution is -0.149. The number of amides is 4. The van der Waals surface area contributed by atoms with Gasteiger partial charge in [0.15, 0.2) is 0 Å². The van der Waals surface area contributed by atoms with E-state index in [2.05, 4.69) is 21.7 Å². The molecule has 1 aliphatic carbocycles. The Morgan fingerprint density at radius 1 is 1.20 bits per heavy atom. The van der Waals surface area contributed by atoms with Gasteiger partial charge in [0.25, 0.3) is 0 Å². The van der Waals surface area contributed by atoms with Gasteiger partial charge in [0.05, 0.1) is 28.9 Å².